The molecule has 1 aromatic rings. The Hall–Kier alpha value is -1.69. The van der Waals surface area contributed by atoms with E-state index in [-0.39, 0.29) is 18.5 Å². The van der Waals surface area contributed by atoms with Crippen LogP contribution >= 0.6 is 0 Å². The fourth-order valence-electron chi connectivity index (χ4n) is 2.43. The Morgan fingerprint density at radius 1 is 1.24 bits per heavy atom. The molecule has 2 rings (SSSR count). The van der Waals surface area contributed by atoms with Crippen molar-refractivity contribution >= 4 is 5.91 Å². The van der Waals surface area contributed by atoms with Gasteiger partial charge in [-0.3, -0.25) is 4.79 Å². The smallest absolute Gasteiger partial charge is 0.317 e. The van der Waals surface area contributed by atoms with Gasteiger partial charge >= 0.3 is 6.01 Å². The number of aromatic nitrogens is 2. The SMILES string of the molecule is Cc1nc(OCC(=O)N(C)C2CCNCC2)nc(C)c1C. The minimum Gasteiger partial charge on any atom is -0.453 e. The van der Waals surface area contributed by atoms with E-state index < -0.39 is 0 Å². The molecule has 6 heteroatoms. The first-order valence-electron chi connectivity index (χ1n) is 7.40. The van der Waals surface area contributed by atoms with Crippen LogP contribution in [-0.2, 0) is 4.79 Å². The Morgan fingerprint density at radius 2 is 1.81 bits per heavy atom. The van der Waals surface area contributed by atoms with Crippen LogP contribution in [0.25, 0.3) is 0 Å². The molecule has 1 aliphatic rings. The van der Waals surface area contributed by atoms with Crippen LogP contribution in [0.2, 0.25) is 0 Å². The number of aryl methyl sites for hydroxylation is 2. The van der Waals surface area contributed by atoms with Gasteiger partial charge in [-0.15, -0.1) is 0 Å². The van der Waals surface area contributed by atoms with Gasteiger partial charge in [-0.2, -0.15) is 0 Å². The minimum atomic E-state index is -0.0265. The third kappa shape index (κ3) is 3.91. The number of carbonyl (C=O) groups is 1. The molecule has 1 aliphatic heterocycles. The molecular formula is C15H24N4O2. The van der Waals surface area contributed by atoms with Gasteiger partial charge in [0, 0.05) is 24.5 Å². The van der Waals surface area contributed by atoms with E-state index in [2.05, 4.69) is 15.3 Å². The Kier molecular flexibility index (Phi) is 5.12. The zero-order valence-corrected chi connectivity index (χ0v) is 13.3. The van der Waals surface area contributed by atoms with Gasteiger partial charge in [0.05, 0.1) is 0 Å². The van der Waals surface area contributed by atoms with Crippen LogP contribution in [0.3, 0.4) is 0 Å². The normalized spacial score (nSPS) is 15.8. The maximum atomic E-state index is 12.2. The number of rotatable bonds is 4. The summed E-state index contributed by atoms with van der Waals surface area (Å²) in [6.07, 6.45) is 1.98. The number of carbonyl (C=O) groups excluding carboxylic acids is 1. The fourth-order valence-corrected chi connectivity index (χ4v) is 2.43. The number of amides is 1. The number of likely N-dealkylation sites (N-methyl/N-ethyl adjacent to an activating group) is 1. The number of ether oxygens (including phenoxy) is 1. The first-order valence-corrected chi connectivity index (χ1v) is 7.40. The summed E-state index contributed by atoms with van der Waals surface area (Å²) < 4.78 is 5.47. The summed E-state index contributed by atoms with van der Waals surface area (Å²) in [5.74, 6) is -0.0265. The van der Waals surface area contributed by atoms with Crippen molar-refractivity contribution in [3.8, 4) is 6.01 Å². The summed E-state index contributed by atoms with van der Waals surface area (Å²) in [4.78, 5) is 22.5. The van der Waals surface area contributed by atoms with Crippen molar-refractivity contribution in [2.24, 2.45) is 0 Å². The first kappa shape index (κ1) is 15.7. The first-order chi connectivity index (χ1) is 9.99. The quantitative estimate of drug-likeness (QED) is 0.896. The Labute approximate surface area is 125 Å². The van der Waals surface area contributed by atoms with E-state index in [1.54, 1.807) is 4.90 Å². The second kappa shape index (κ2) is 6.85. The molecule has 0 radical (unpaired) electrons. The van der Waals surface area contributed by atoms with E-state index in [4.69, 9.17) is 4.74 Å². The highest BCUT2D eigenvalue weighted by atomic mass is 16.5. The van der Waals surface area contributed by atoms with Crippen molar-refractivity contribution < 1.29 is 9.53 Å². The summed E-state index contributed by atoms with van der Waals surface area (Å²) in [5, 5.41) is 3.29. The maximum Gasteiger partial charge on any atom is 0.317 e. The summed E-state index contributed by atoms with van der Waals surface area (Å²) in [7, 11) is 1.84. The zero-order valence-electron chi connectivity index (χ0n) is 13.3. The van der Waals surface area contributed by atoms with E-state index in [1.165, 1.54) is 0 Å². The number of nitrogens with one attached hydrogen (secondary N) is 1. The van der Waals surface area contributed by atoms with Crippen LogP contribution in [-0.4, -0.2) is 53.6 Å². The lowest BCUT2D eigenvalue weighted by atomic mass is 10.1. The number of nitrogens with zero attached hydrogens (tertiary/aromatic N) is 3. The topological polar surface area (TPSA) is 67.3 Å². The molecule has 1 saturated heterocycles. The zero-order chi connectivity index (χ0) is 15.4. The Bertz CT molecular complexity index is 489. The van der Waals surface area contributed by atoms with Gasteiger partial charge in [0.15, 0.2) is 6.61 Å². The van der Waals surface area contributed by atoms with Gasteiger partial charge in [-0.1, -0.05) is 0 Å². The predicted molar refractivity (Wildman–Crippen MR) is 80.4 cm³/mol. The third-order valence-electron chi connectivity index (χ3n) is 4.19. The van der Waals surface area contributed by atoms with Crippen LogP contribution in [0, 0.1) is 20.8 Å². The Balaban J connectivity index is 1.91. The average molecular weight is 292 g/mol. The predicted octanol–water partition coefficient (Wildman–Crippen LogP) is 0.991. The van der Waals surface area contributed by atoms with Crippen LogP contribution in [0.4, 0.5) is 0 Å². The molecule has 0 aliphatic carbocycles. The lowest BCUT2D eigenvalue weighted by Gasteiger charge is -2.31. The van der Waals surface area contributed by atoms with Gasteiger partial charge in [0.25, 0.3) is 5.91 Å². The molecule has 2 heterocycles. The lowest BCUT2D eigenvalue weighted by Crippen LogP contribution is -2.45. The van der Waals surface area contributed by atoms with E-state index in [1.807, 2.05) is 27.8 Å². The van der Waals surface area contributed by atoms with Crippen LogP contribution in [0.5, 0.6) is 6.01 Å². The summed E-state index contributed by atoms with van der Waals surface area (Å²) in [6, 6.07) is 0.576. The van der Waals surface area contributed by atoms with Crippen molar-refractivity contribution in [1.29, 1.82) is 0 Å². The van der Waals surface area contributed by atoms with E-state index in [0.29, 0.717) is 6.04 Å². The molecule has 21 heavy (non-hydrogen) atoms. The largest absolute Gasteiger partial charge is 0.453 e. The summed E-state index contributed by atoms with van der Waals surface area (Å²) in [6.45, 7) is 7.72. The maximum absolute atomic E-state index is 12.2. The number of piperidine rings is 1. The Morgan fingerprint density at radius 3 is 2.38 bits per heavy atom. The molecule has 0 unspecified atom stereocenters. The van der Waals surface area contributed by atoms with E-state index >= 15 is 0 Å². The molecule has 1 aromatic heterocycles. The average Bonchev–Trinajstić information content (AvgIpc) is 2.50. The van der Waals surface area contributed by atoms with Crippen LogP contribution < -0.4 is 10.1 Å². The molecule has 1 amide bonds. The summed E-state index contributed by atoms with van der Waals surface area (Å²) in [5.41, 5.74) is 2.83. The third-order valence-corrected chi connectivity index (χ3v) is 4.19. The standard InChI is InChI=1S/C15H24N4O2/c1-10-11(2)17-15(18-12(10)3)21-9-14(20)19(4)13-5-7-16-8-6-13/h13,16H,5-9H2,1-4H3. The van der Waals surface area contributed by atoms with Gasteiger partial charge in [0.2, 0.25) is 0 Å². The van der Waals surface area contributed by atoms with Gasteiger partial charge in [-0.05, 0) is 52.3 Å². The van der Waals surface area contributed by atoms with Gasteiger partial charge in [0.1, 0.15) is 0 Å². The van der Waals surface area contributed by atoms with Crippen molar-refractivity contribution in [3.05, 3.63) is 17.0 Å². The lowest BCUT2D eigenvalue weighted by molar-refractivity contribution is -0.134. The van der Waals surface area contributed by atoms with Crippen molar-refractivity contribution in [3.63, 3.8) is 0 Å². The van der Waals surface area contributed by atoms with Crippen LogP contribution in [0.1, 0.15) is 29.8 Å². The molecule has 116 valence electrons. The van der Waals surface area contributed by atoms with E-state index in [9.17, 15) is 4.79 Å². The molecule has 0 atom stereocenters. The fraction of sp³-hybridized carbons (Fsp3) is 0.667. The van der Waals surface area contributed by atoms with Crippen molar-refractivity contribution in [2.45, 2.75) is 39.7 Å². The monoisotopic (exact) mass is 292 g/mol. The van der Waals surface area contributed by atoms with Crippen molar-refractivity contribution in [2.75, 3.05) is 26.7 Å². The molecule has 0 spiro atoms. The van der Waals surface area contributed by atoms with E-state index in [0.717, 1.165) is 42.9 Å². The van der Waals surface area contributed by atoms with Crippen LogP contribution in [0.15, 0.2) is 0 Å². The highest BCUT2D eigenvalue weighted by molar-refractivity contribution is 5.77. The van der Waals surface area contributed by atoms with Gasteiger partial charge < -0.3 is 15.0 Å². The second-order valence-electron chi connectivity index (χ2n) is 5.58. The number of hydrogen-bond acceptors (Lipinski definition) is 5. The van der Waals surface area contributed by atoms with Crippen molar-refractivity contribution in [1.82, 2.24) is 20.2 Å². The summed E-state index contributed by atoms with van der Waals surface area (Å²) >= 11 is 0. The molecule has 1 N–H and O–H groups in total. The molecule has 0 saturated carbocycles. The number of hydrogen-bond donors (Lipinski definition) is 1. The second-order valence-corrected chi connectivity index (χ2v) is 5.58. The van der Waals surface area contributed by atoms with Gasteiger partial charge in [-0.25, -0.2) is 9.97 Å². The molecule has 0 bridgehead atoms. The highest BCUT2D eigenvalue weighted by Gasteiger charge is 2.22. The minimum absolute atomic E-state index is 0.0115. The molecule has 0 aromatic carbocycles. The molecule has 1 fully saturated rings. The highest BCUT2D eigenvalue weighted by Crippen LogP contribution is 2.13. The molecule has 6 nitrogen and oxygen atoms in total. The molecular weight excluding hydrogens is 268 g/mol.